The minimum Gasteiger partial charge on any atom is -0.343 e. The number of nitrogens with zero attached hydrogens (tertiary/aromatic N) is 3. The highest BCUT2D eigenvalue weighted by molar-refractivity contribution is 5.78. The van der Waals surface area contributed by atoms with Crippen molar-refractivity contribution in [3.05, 3.63) is 46.0 Å². The Balaban J connectivity index is 2.32. The summed E-state index contributed by atoms with van der Waals surface area (Å²) in [5, 5.41) is 0. The van der Waals surface area contributed by atoms with Crippen LogP contribution in [0.3, 0.4) is 0 Å². The third kappa shape index (κ3) is 3.39. The summed E-state index contributed by atoms with van der Waals surface area (Å²) in [6.07, 6.45) is 1.71. The first-order valence-electron chi connectivity index (χ1n) is 7.35. The van der Waals surface area contributed by atoms with Crippen molar-refractivity contribution >= 4 is 5.91 Å². The molecule has 6 nitrogen and oxygen atoms in total. The lowest BCUT2D eigenvalue weighted by Crippen LogP contribution is -2.34. The number of H-pyrrole nitrogens is 1. The molecule has 116 valence electrons. The van der Waals surface area contributed by atoms with Crippen molar-refractivity contribution in [2.24, 2.45) is 0 Å². The van der Waals surface area contributed by atoms with Gasteiger partial charge in [0, 0.05) is 30.5 Å². The molecule has 1 N–H and O–H groups in total. The highest BCUT2D eigenvalue weighted by Gasteiger charge is 2.16. The van der Waals surface area contributed by atoms with Crippen LogP contribution in [0.15, 0.2) is 29.2 Å². The van der Waals surface area contributed by atoms with Crippen molar-refractivity contribution < 1.29 is 4.79 Å². The second kappa shape index (κ2) is 6.98. The van der Waals surface area contributed by atoms with Gasteiger partial charge in [-0.1, -0.05) is 6.07 Å². The van der Waals surface area contributed by atoms with Crippen LogP contribution in [0.1, 0.15) is 25.1 Å². The molecule has 0 bridgehead atoms. The third-order valence-corrected chi connectivity index (χ3v) is 3.57. The summed E-state index contributed by atoms with van der Waals surface area (Å²) in [6, 6.07) is 5.40. The SMILES string of the molecule is CCN(CC)C(=O)Cc1c(C)nc(-c2ccccn2)[nH]c1=O. The van der Waals surface area contributed by atoms with Crippen molar-refractivity contribution in [3.63, 3.8) is 0 Å². The Kier molecular flexibility index (Phi) is 5.04. The van der Waals surface area contributed by atoms with E-state index in [1.54, 1.807) is 30.2 Å². The first-order valence-corrected chi connectivity index (χ1v) is 7.35. The van der Waals surface area contributed by atoms with Crippen LogP contribution in [0.5, 0.6) is 0 Å². The first-order chi connectivity index (χ1) is 10.6. The third-order valence-electron chi connectivity index (χ3n) is 3.57. The molecule has 2 aromatic rings. The van der Waals surface area contributed by atoms with Crippen molar-refractivity contribution in [1.29, 1.82) is 0 Å². The maximum atomic E-state index is 12.3. The van der Waals surface area contributed by atoms with Gasteiger partial charge in [0.1, 0.15) is 5.69 Å². The molecule has 0 atom stereocenters. The zero-order chi connectivity index (χ0) is 16.1. The van der Waals surface area contributed by atoms with E-state index in [1.807, 2.05) is 19.9 Å². The molecule has 22 heavy (non-hydrogen) atoms. The van der Waals surface area contributed by atoms with Crippen LogP contribution in [0, 0.1) is 6.92 Å². The monoisotopic (exact) mass is 300 g/mol. The quantitative estimate of drug-likeness (QED) is 0.908. The fourth-order valence-electron chi connectivity index (χ4n) is 2.28. The summed E-state index contributed by atoms with van der Waals surface area (Å²) >= 11 is 0. The Labute approximate surface area is 129 Å². The molecule has 6 heteroatoms. The topological polar surface area (TPSA) is 79.0 Å². The van der Waals surface area contributed by atoms with E-state index in [-0.39, 0.29) is 17.9 Å². The van der Waals surface area contributed by atoms with E-state index < -0.39 is 0 Å². The Morgan fingerprint density at radius 1 is 1.27 bits per heavy atom. The van der Waals surface area contributed by atoms with Crippen LogP contribution in [0.25, 0.3) is 11.5 Å². The summed E-state index contributed by atoms with van der Waals surface area (Å²) in [5.74, 6) is 0.355. The van der Waals surface area contributed by atoms with Gasteiger partial charge in [0.25, 0.3) is 5.56 Å². The van der Waals surface area contributed by atoms with E-state index in [1.165, 1.54) is 0 Å². The molecule has 0 aliphatic carbocycles. The molecule has 1 amide bonds. The fourth-order valence-corrected chi connectivity index (χ4v) is 2.28. The van der Waals surface area contributed by atoms with Gasteiger partial charge in [0.2, 0.25) is 5.91 Å². The Morgan fingerprint density at radius 3 is 2.55 bits per heavy atom. The number of amides is 1. The molecule has 2 heterocycles. The second-order valence-corrected chi connectivity index (χ2v) is 4.94. The average Bonchev–Trinajstić information content (AvgIpc) is 2.52. The van der Waals surface area contributed by atoms with Crippen LogP contribution in [-0.2, 0) is 11.2 Å². The summed E-state index contributed by atoms with van der Waals surface area (Å²) in [4.78, 5) is 37.4. The molecule has 0 saturated heterocycles. The zero-order valence-electron chi connectivity index (χ0n) is 13.1. The van der Waals surface area contributed by atoms with Crippen LogP contribution < -0.4 is 5.56 Å². The number of aromatic nitrogens is 3. The predicted octanol–water partition coefficient (Wildman–Crippen LogP) is 1.55. The van der Waals surface area contributed by atoms with Crippen molar-refractivity contribution in [3.8, 4) is 11.5 Å². The van der Waals surface area contributed by atoms with Gasteiger partial charge < -0.3 is 9.88 Å². The summed E-state index contributed by atoms with van der Waals surface area (Å²) < 4.78 is 0. The molecular formula is C16H20N4O2. The minimum absolute atomic E-state index is 0.0639. The summed E-state index contributed by atoms with van der Waals surface area (Å²) in [7, 11) is 0. The summed E-state index contributed by atoms with van der Waals surface area (Å²) in [5.41, 5.74) is 1.29. The fraction of sp³-hybridized carbons (Fsp3) is 0.375. The second-order valence-electron chi connectivity index (χ2n) is 4.94. The van der Waals surface area contributed by atoms with E-state index in [4.69, 9.17) is 0 Å². The highest BCUT2D eigenvalue weighted by Crippen LogP contribution is 2.11. The maximum absolute atomic E-state index is 12.3. The number of nitrogens with one attached hydrogen (secondary N) is 1. The molecule has 2 aromatic heterocycles. The van der Waals surface area contributed by atoms with Gasteiger partial charge >= 0.3 is 0 Å². The molecule has 0 unspecified atom stereocenters. The van der Waals surface area contributed by atoms with Gasteiger partial charge in [-0.3, -0.25) is 14.6 Å². The largest absolute Gasteiger partial charge is 0.343 e. The first kappa shape index (κ1) is 15.9. The normalized spacial score (nSPS) is 10.5. The Morgan fingerprint density at radius 2 is 2.00 bits per heavy atom. The molecule has 0 fully saturated rings. The van der Waals surface area contributed by atoms with E-state index in [0.717, 1.165) is 0 Å². The molecular weight excluding hydrogens is 280 g/mol. The number of carbonyl (C=O) groups is 1. The highest BCUT2D eigenvalue weighted by atomic mass is 16.2. The minimum atomic E-state index is -0.284. The van der Waals surface area contributed by atoms with Gasteiger partial charge in [-0.05, 0) is 32.9 Å². The van der Waals surface area contributed by atoms with Crippen molar-refractivity contribution in [2.45, 2.75) is 27.2 Å². The number of likely N-dealkylation sites (N-methyl/N-ethyl adjacent to an activating group) is 1. The van der Waals surface area contributed by atoms with Crippen LogP contribution in [0.2, 0.25) is 0 Å². The van der Waals surface area contributed by atoms with Gasteiger partial charge in [-0.2, -0.15) is 0 Å². The molecule has 0 saturated carbocycles. The molecule has 2 rings (SSSR count). The van der Waals surface area contributed by atoms with E-state index in [2.05, 4.69) is 15.0 Å². The molecule has 0 spiro atoms. The molecule has 0 aliphatic rings. The lowest BCUT2D eigenvalue weighted by Gasteiger charge is -2.18. The van der Waals surface area contributed by atoms with E-state index in [0.29, 0.717) is 35.9 Å². The number of carbonyl (C=O) groups excluding carboxylic acids is 1. The van der Waals surface area contributed by atoms with E-state index in [9.17, 15) is 9.59 Å². The lowest BCUT2D eigenvalue weighted by molar-refractivity contribution is -0.130. The van der Waals surface area contributed by atoms with Gasteiger partial charge in [-0.15, -0.1) is 0 Å². The van der Waals surface area contributed by atoms with Crippen LogP contribution in [-0.4, -0.2) is 38.8 Å². The van der Waals surface area contributed by atoms with Crippen LogP contribution in [0.4, 0.5) is 0 Å². The maximum Gasteiger partial charge on any atom is 0.255 e. The van der Waals surface area contributed by atoms with Crippen LogP contribution >= 0.6 is 0 Å². The predicted molar refractivity (Wildman–Crippen MR) is 84.5 cm³/mol. The van der Waals surface area contributed by atoms with Crippen molar-refractivity contribution in [2.75, 3.05) is 13.1 Å². The number of aryl methyl sites for hydroxylation is 1. The number of rotatable bonds is 5. The number of pyridine rings is 1. The average molecular weight is 300 g/mol. The molecule has 0 aromatic carbocycles. The van der Waals surface area contributed by atoms with E-state index >= 15 is 0 Å². The van der Waals surface area contributed by atoms with Crippen molar-refractivity contribution in [1.82, 2.24) is 19.9 Å². The zero-order valence-corrected chi connectivity index (χ0v) is 13.1. The number of hydrogen-bond acceptors (Lipinski definition) is 4. The molecule has 0 radical (unpaired) electrons. The Hall–Kier alpha value is -2.50. The standard InChI is InChI=1S/C16H20N4O2/c1-4-20(5-2)14(21)10-12-11(3)18-15(19-16(12)22)13-8-6-7-9-17-13/h6-9H,4-5,10H2,1-3H3,(H,18,19,22). The number of hydrogen-bond donors (Lipinski definition) is 1. The smallest absolute Gasteiger partial charge is 0.255 e. The summed E-state index contributed by atoms with van der Waals surface area (Å²) in [6.45, 7) is 6.84. The molecule has 0 aliphatic heterocycles. The lowest BCUT2D eigenvalue weighted by atomic mass is 10.1. The van der Waals surface area contributed by atoms with Gasteiger partial charge in [0.05, 0.1) is 6.42 Å². The number of aromatic amines is 1. The van der Waals surface area contributed by atoms with Gasteiger partial charge in [-0.25, -0.2) is 4.98 Å². The Bertz CT molecular complexity index is 706. The van der Waals surface area contributed by atoms with Gasteiger partial charge in [0.15, 0.2) is 5.82 Å².